The van der Waals surface area contributed by atoms with Gasteiger partial charge in [-0.1, -0.05) is 50.1 Å². The van der Waals surface area contributed by atoms with Crippen LogP contribution in [0.4, 0.5) is 0 Å². The summed E-state index contributed by atoms with van der Waals surface area (Å²) < 4.78 is 0. The molecule has 3 unspecified atom stereocenters. The normalized spacial score (nSPS) is 26.6. The van der Waals surface area contributed by atoms with E-state index in [-0.39, 0.29) is 0 Å². The summed E-state index contributed by atoms with van der Waals surface area (Å²) in [4.78, 5) is 0. The Kier molecular flexibility index (Phi) is 6.44. The van der Waals surface area contributed by atoms with E-state index in [0.29, 0.717) is 0 Å². The molecule has 1 N–H and O–H groups in total. The maximum Gasteiger partial charge on any atom is 0.0207 e. The SMILES string of the molecule is CCNC1CCC(CC)CC1SCc1cccc(C)c1. The zero-order valence-corrected chi connectivity index (χ0v) is 14.0. The maximum atomic E-state index is 3.71. The third kappa shape index (κ3) is 4.53. The summed E-state index contributed by atoms with van der Waals surface area (Å²) in [5.74, 6) is 2.10. The van der Waals surface area contributed by atoms with Crippen molar-refractivity contribution in [1.82, 2.24) is 5.32 Å². The van der Waals surface area contributed by atoms with Crippen LogP contribution in [-0.4, -0.2) is 17.8 Å². The molecule has 112 valence electrons. The molecule has 0 radical (unpaired) electrons. The van der Waals surface area contributed by atoms with E-state index in [1.165, 1.54) is 36.8 Å². The lowest BCUT2D eigenvalue weighted by molar-refractivity contribution is 0.298. The molecule has 1 fully saturated rings. The van der Waals surface area contributed by atoms with Gasteiger partial charge in [0, 0.05) is 17.0 Å². The van der Waals surface area contributed by atoms with Crippen molar-refractivity contribution in [2.24, 2.45) is 5.92 Å². The molecule has 0 saturated heterocycles. The van der Waals surface area contributed by atoms with Crippen LogP contribution in [0.3, 0.4) is 0 Å². The third-order valence-electron chi connectivity index (χ3n) is 4.49. The molecule has 3 atom stereocenters. The van der Waals surface area contributed by atoms with Crippen molar-refractivity contribution in [3.63, 3.8) is 0 Å². The van der Waals surface area contributed by atoms with Crippen LogP contribution >= 0.6 is 11.8 Å². The number of hydrogen-bond donors (Lipinski definition) is 1. The topological polar surface area (TPSA) is 12.0 Å². The summed E-state index contributed by atoms with van der Waals surface area (Å²) in [6.45, 7) is 7.86. The fourth-order valence-corrected chi connectivity index (χ4v) is 4.73. The standard InChI is InChI=1S/C18H29NS/c1-4-15-9-10-17(19-5-2)18(12-15)20-13-16-8-6-7-14(3)11-16/h6-8,11,15,17-19H,4-5,9-10,12-13H2,1-3H3. The number of rotatable bonds is 6. The molecule has 0 amide bonds. The molecule has 2 rings (SSSR count). The van der Waals surface area contributed by atoms with E-state index in [2.05, 4.69) is 62.1 Å². The van der Waals surface area contributed by atoms with Crippen LogP contribution in [0.1, 0.15) is 50.7 Å². The zero-order chi connectivity index (χ0) is 14.4. The lowest BCUT2D eigenvalue weighted by Gasteiger charge is -2.36. The first-order valence-corrected chi connectivity index (χ1v) is 9.18. The van der Waals surface area contributed by atoms with Gasteiger partial charge in [0.2, 0.25) is 0 Å². The number of thioether (sulfide) groups is 1. The van der Waals surface area contributed by atoms with Crippen molar-refractivity contribution in [3.8, 4) is 0 Å². The molecular formula is C18H29NS. The van der Waals surface area contributed by atoms with Crippen LogP contribution < -0.4 is 5.32 Å². The maximum absolute atomic E-state index is 3.71. The molecular weight excluding hydrogens is 262 g/mol. The minimum absolute atomic E-state index is 0.720. The number of hydrogen-bond acceptors (Lipinski definition) is 2. The molecule has 1 aromatic rings. The minimum atomic E-state index is 0.720. The molecule has 0 bridgehead atoms. The highest BCUT2D eigenvalue weighted by atomic mass is 32.2. The zero-order valence-electron chi connectivity index (χ0n) is 13.2. The van der Waals surface area contributed by atoms with Crippen LogP contribution in [0.15, 0.2) is 24.3 Å². The number of aryl methyl sites for hydroxylation is 1. The number of benzene rings is 1. The van der Waals surface area contributed by atoms with Gasteiger partial charge in [-0.2, -0.15) is 11.8 Å². The van der Waals surface area contributed by atoms with Crippen LogP contribution in [0.25, 0.3) is 0 Å². The first kappa shape index (κ1) is 15.9. The Bertz CT molecular complexity index is 404. The Morgan fingerprint density at radius 1 is 1.25 bits per heavy atom. The van der Waals surface area contributed by atoms with Crippen LogP contribution in [-0.2, 0) is 5.75 Å². The van der Waals surface area contributed by atoms with E-state index in [1.54, 1.807) is 0 Å². The Hall–Kier alpha value is -0.470. The van der Waals surface area contributed by atoms with Gasteiger partial charge < -0.3 is 5.32 Å². The van der Waals surface area contributed by atoms with Crippen molar-refractivity contribution in [1.29, 1.82) is 0 Å². The van der Waals surface area contributed by atoms with Crippen molar-refractivity contribution >= 4 is 11.8 Å². The van der Waals surface area contributed by atoms with Crippen LogP contribution in [0.5, 0.6) is 0 Å². The van der Waals surface area contributed by atoms with E-state index in [4.69, 9.17) is 0 Å². The number of nitrogens with one attached hydrogen (secondary N) is 1. The minimum Gasteiger partial charge on any atom is -0.313 e. The Morgan fingerprint density at radius 3 is 2.80 bits per heavy atom. The molecule has 0 heterocycles. The lowest BCUT2D eigenvalue weighted by Crippen LogP contribution is -2.42. The fraction of sp³-hybridized carbons (Fsp3) is 0.667. The molecule has 0 aromatic heterocycles. The van der Waals surface area contributed by atoms with Crippen molar-refractivity contribution in [2.45, 2.75) is 63.5 Å². The van der Waals surface area contributed by atoms with Gasteiger partial charge in [0.1, 0.15) is 0 Å². The Labute approximate surface area is 128 Å². The second kappa shape index (κ2) is 8.09. The summed E-state index contributed by atoms with van der Waals surface area (Å²) in [6.07, 6.45) is 5.51. The van der Waals surface area contributed by atoms with Gasteiger partial charge >= 0.3 is 0 Å². The smallest absolute Gasteiger partial charge is 0.0207 e. The largest absolute Gasteiger partial charge is 0.313 e. The van der Waals surface area contributed by atoms with Gasteiger partial charge in [-0.15, -0.1) is 0 Å². The van der Waals surface area contributed by atoms with Gasteiger partial charge in [-0.25, -0.2) is 0 Å². The predicted octanol–water partition coefficient (Wildman–Crippen LogP) is 4.79. The molecule has 0 aliphatic heterocycles. The van der Waals surface area contributed by atoms with Gasteiger partial charge in [0.05, 0.1) is 0 Å². The van der Waals surface area contributed by atoms with E-state index < -0.39 is 0 Å². The predicted molar refractivity (Wildman–Crippen MR) is 91.4 cm³/mol. The Morgan fingerprint density at radius 2 is 2.10 bits per heavy atom. The molecule has 1 aliphatic rings. The average molecular weight is 292 g/mol. The van der Waals surface area contributed by atoms with E-state index in [9.17, 15) is 0 Å². The van der Waals surface area contributed by atoms with Crippen molar-refractivity contribution in [2.75, 3.05) is 6.54 Å². The summed E-state index contributed by atoms with van der Waals surface area (Å²) in [6, 6.07) is 9.68. The van der Waals surface area contributed by atoms with Gasteiger partial charge in [0.15, 0.2) is 0 Å². The summed E-state index contributed by atoms with van der Waals surface area (Å²) in [5.41, 5.74) is 2.85. The van der Waals surface area contributed by atoms with Crippen molar-refractivity contribution in [3.05, 3.63) is 35.4 Å². The average Bonchev–Trinajstić information content (AvgIpc) is 2.46. The lowest BCUT2D eigenvalue weighted by atomic mass is 9.84. The second-order valence-electron chi connectivity index (χ2n) is 6.09. The first-order valence-electron chi connectivity index (χ1n) is 8.13. The molecule has 20 heavy (non-hydrogen) atoms. The fourth-order valence-electron chi connectivity index (χ4n) is 3.27. The molecule has 1 aliphatic carbocycles. The second-order valence-corrected chi connectivity index (χ2v) is 7.32. The Balaban J connectivity index is 1.92. The molecule has 1 saturated carbocycles. The highest BCUT2D eigenvalue weighted by molar-refractivity contribution is 7.99. The monoisotopic (exact) mass is 291 g/mol. The summed E-state index contributed by atoms with van der Waals surface area (Å²) in [7, 11) is 0. The summed E-state index contributed by atoms with van der Waals surface area (Å²) in [5, 5.41) is 4.49. The van der Waals surface area contributed by atoms with Crippen molar-refractivity contribution < 1.29 is 0 Å². The van der Waals surface area contributed by atoms with E-state index in [0.717, 1.165) is 29.5 Å². The van der Waals surface area contributed by atoms with Gasteiger partial charge in [-0.3, -0.25) is 0 Å². The van der Waals surface area contributed by atoms with Gasteiger partial charge in [-0.05, 0) is 44.2 Å². The van der Waals surface area contributed by atoms with Crippen LogP contribution in [0, 0.1) is 12.8 Å². The molecule has 2 heteroatoms. The molecule has 1 nitrogen and oxygen atoms in total. The molecule has 0 spiro atoms. The summed E-state index contributed by atoms with van der Waals surface area (Å²) >= 11 is 2.16. The highest BCUT2D eigenvalue weighted by Crippen LogP contribution is 2.35. The first-order chi connectivity index (χ1) is 9.72. The molecule has 1 aromatic carbocycles. The third-order valence-corrected chi connectivity index (χ3v) is 5.94. The van der Waals surface area contributed by atoms with E-state index in [1.807, 2.05) is 0 Å². The highest BCUT2D eigenvalue weighted by Gasteiger charge is 2.29. The van der Waals surface area contributed by atoms with Gasteiger partial charge in [0.25, 0.3) is 0 Å². The van der Waals surface area contributed by atoms with Crippen LogP contribution in [0.2, 0.25) is 0 Å². The van der Waals surface area contributed by atoms with E-state index >= 15 is 0 Å². The quantitative estimate of drug-likeness (QED) is 0.809.